The largest absolute Gasteiger partial charge is 0.481 e. The highest BCUT2D eigenvalue weighted by Gasteiger charge is 2.26. The number of anilines is 1. The number of aliphatic hydroxyl groups excluding tert-OH is 1. The molecule has 3 N–H and O–H groups in total. The van der Waals surface area contributed by atoms with Gasteiger partial charge in [-0.25, -0.2) is 0 Å². The third-order valence-corrected chi connectivity index (χ3v) is 4.20. The number of aliphatic carboxylic acids is 1. The lowest BCUT2D eigenvalue weighted by Gasteiger charge is -2.35. The van der Waals surface area contributed by atoms with Gasteiger partial charge in [0, 0.05) is 51.4 Å². The zero-order chi connectivity index (χ0) is 17.4. The van der Waals surface area contributed by atoms with E-state index in [1.165, 1.54) is 0 Å². The summed E-state index contributed by atoms with van der Waals surface area (Å²) in [5.74, 6) is -1.96. The van der Waals surface area contributed by atoms with Crippen LogP contribution in [0.4, 0.5) is 5.69 Å². The zero-order valence-electron chi connectivity index (χ0n) is 13.7. The molecule has 1 heterocycles. The number of amides is 1. The van der Waals surface area contributed by atoms with E-state index >= 15 is 0 Å². The number of piperazine rings is 1. The van der Waals surface area contributed by atoms with Crippen LogP contribution in [-0.4, -0.2) is 77.8 Å². The van der Waals surface area contributed by atoms with Crippen molar-refractivity contribution in [2.75, 3.05) is 51.2 Å². The van der Waals surface area contributed by atoms with E-state index in [0.29, 0.717) is 18.8 Å². The lowest BCUT2D eigenvalue weighted by Crippen LogP contribution is -2.49. The van der Waals surface area contributed by atoms with Crippen molar-refractivity contribution in [2.24, 2.45) is 5.92 Å². The van der Waals surface area contributed by atoms with Gasteiger partial charge in [-0.05, 0) is 12.1 Å². The summed E-state index contributed by atoms with van der Waals surface area (Å²) >= 11 is 0. The molecule has 132 valence electrons. The van der Waals surface area contributed by atoms with E-state index in [4.69, 9.17) is 5.11 Å². The molecule has 1 atom stereocenters. The number of hydrogen-bond acceptors (Lipinski definition) is 5. The number of aliphatic hydroxyl groups is 1. The number of benzene rings is 1. The van der Waals surface area contributed by atoms with E-state index in [1.54, 1.807) is 12.1 Å². The smallest absolute Gasteiger partial charge is 0.308 e. The molecular weight excluding hydrogens is 310 g/mol. The van der Waals surface area contributed by atoms with Gasteiger partial charge in [-0.15, -0.1) is 0 Å². The molecule has 0 radical (unpaired) electrons. The second kappa shape index (κ2) is 9.36. The molecule has 24 heavy (non-hydrogen) atoms. The minimum atomic E-state index is -0.948. The molecule has 0 unspecified atom stereocenters. The fraction of sp³-hybridized carbons (Fsp3) is 0.529. The Labute approximate surface area is 141 Å². The van der Waals surface area contributed by atoms with Crippen LogP contribution in [0.2, 0.25) is 0 Å². The second-order valence-corrected chi connectivity index (χ2v) is 6.02. The Kier molecular flexibility index (Phi) is 7.17. The van der Waals surface area contributed by atoms with Crippen molar-refractivity contribution in [1.82, 2.24) is 9.80 Å². The summed E-state index contributed by atoms with van der Waals surface area (Å²) in [6, 6.07) is 9.03. The van der Waals surface area contributed by atoms with E-state index < -0.39 is 11.9 Å². The molecule has 1 amide bonds. The molecule has 7 nitrogen and oxygen atoms in total. The molecule has 1 aliphatic rings. The first-order valence-corrected chi connectivity index (χ1v) is 8.21. The van der Waals surface area contributed by atoms with Crippen LogP contribution < -0.4 is 5.32 Å². The molecule has 1 aliphatic heterocycles. The van der Waals surface area contributed by atoms with Crippen LogP contribution in [0.1, 0.15) is 6.42 Å². The fourth-order valence-corrected chi connectivity index (χ4v) is 2.84. The van der Waals surface area contributed by atoms with Crippen LogP contribution in [0, 0.1) is 5.92 Å². The van der Waals surface area contributed by atoms with Gasteiger partial charge in [-0.3, -0.25) is 19.4 Å². The topological polar surface area (TPSA) is 93.1 Å². The lowest BCUT2D eigenvalue weighted by atomic mass is 10.0. The van der Waals surface area contributed by atoms with Crippen molar-refractivity contribution in [2.45, 2.75) is 6.42 Å². The van der Waals surface area contributed by atoms with Crippen LogP contribution in [0.5, 0.6) is 0 Å². The number of carbonyl (C=O) groups is 2. The summed E-state index contributed by atoms with van der Waals surface area (Å²) in [5, 5.41) is 21.1. The molecule has 0 spiro atoms. The third-order valence-electron chi connectivity index (χ3n) is 4.20. The Hall–Kier alpha value is -1.96. The van der Waals surface area contributed by atoms with E-state index in [0.717, 1.165) is 26.2 Å². The highest BCUT2D eigenvalue weighted by atomic mass is 16.4. The maximum atomic E-state index is 12.1. The Bertz CT molecular complexity index is 530. The van der Waals surface area contributed by atoms with Crippen molar-refractivity contribution < 1.29 is 19.8 Å². The lowest BCUT2D eigenvalue weighted by molar-refractivity contribution is -0.144. The molecule has 0 bridgehead atoms. The number of para-hydroxylation sites is 1. The summed E-state index contributed by atoms with van der Waals surface area (Å²) in [6.07, 6.45) is -0.0406. The fourth-order valence-electron chi connectivity index (χ4n) is 2.84. The average molecular weight is 335 g/mol. The predicted molar refractivity (Wildman–Crippen MR) is 90.8 cm³/mol. The van der Waals surface area contributed by atoms with Crippen molar-refractivity contribution in [3.63, 3.8) is 0 Å². The van der Waals surface area contributed by atoms with Gasteiger partial charge in [0.15, 0.2) is 0 Å². The average Bonchev–Trinajstić information content (AvgIpc) is 2.57. The zero-order valence-corrected chi connectivity index (χ0v) is 13.7. The van der Waals surface area contributed by atoms with Crippen molar-refractivity contribution in [3.05, 3.63) is 30.3 Å². The van der Waals surface area contributed by atoms with Gasteiger partial charge in [0.1, 0.15) is 0 Å². The molecule has 0 aliphatic carbocycles. The monoisotopic (exact) mass is 335 g/mol. The molecule has 1 fully saturated rings. The van der Waals surface area contributed by atoms with Crippen LogP contribution in [0.25, 0.3) is 0 Å². The summed E-state index contributed by atoms with van der Waals surface area (Å²) in [5.41, 5.74) is 0.671. The molecule has 2 rings (SSSR count). The first-order chi connectivity index (χ1) is 11.6. The highest BCUT2D eigenvalue weighted by molar-refractivity contribution is 5.93. The number of carboxylic acid groups (broad SMARTS) is 1. The number of carboxylic acids is 1. The quantitative estimate of drug-likeness (QED) is 0.634. The van der Waals surface area contributed by atoms with Gasteiger partial charge >= 0.3 is 5.97 Å². The van der Waals surface area contributed by atoms with Gasteiger partial charge in [0.05, 0.1) is 12.5 Å². The Morgan fingerprint density at radius 3 is 2.29 bits per heavy atom. The Morgan fingerprint density at radius 1 is 1.08 bits per heavy atom. The summed E-state index contributed by atoms with van der Waals surface area (Å²) < 4.78 is 0. The minimum Gasteiger partial charge on any atom is -0.481 e. The van der Waals surface area contributed by atoms with E-state index in [-0.39, 0.29) is 18.9 Å². The molecular formula is C17H25N3O4. The van der Waals surface area contributed by atoms with Gasteiger partial charge in [-0.1, -0.05) is 18.2 Å². The second-order valence-electron chi connectivity index (χ2n) is 6.02. The van der Waals surface area contributed by atoms with Gasteiger partial charge in [0.25, 0.3) is 0 Å². The van der Waals surface area contributed by atoms with Crippen molar-refractivity contribution in [3.8, 4) is 0 Å². The number of β-amino-alcohol motifs (C(OH)–C–C–N with tert-alkyl or cyclic N) is 1. The number of carbonyl (C=O) groups excluding carboxylic acids is 1. The van der Waals surface area contributed by atoms with Gasteiger partial charge in [-0.2, -0.15) is 0 Å². The Balaban J connectivity index is 1.82. The van der Waals surface area contributed by atoms with Gasteiger partial charge < -0.3 is 15.5 Å². The van der Waals surface area contributed by atoms with Crippen LogP contribution in [0.3, 0.4) is 0 Å². The minimum absolute atomic E-state index is 0.0406. The van der Waals surface area contributed by atoms with Crippen LogP contribution in [-0.2, 0) is 9.59 Å². The summed E-state index contributed by atoms with van der Waals surface area (Å²) in [7, 11) is 0. The van der Waals surface area contributed by atoms with E-state index in [1.807, 2.05) is 18.2 Å². The number of rotatable bonds is 8. The maximum Gasteiger partial charge on any atom is 0.308 e. The van der Waals surface area contributed by atoms with E-state index in [9.17, 15) is 14.7 Å². The first-order valence-electron chi connectivity index (χ1n) is 8.21. The standard InChI is InChI=1S/C17H25N3O4/c21-11-10-19-6-8-20(9-7-19)13-14(17(23)24)12-16(22)18-15-4-2-1-3-5-15/h1-5,14,21H,6-13H2,(H,18,22)(H,23,24)/t14-/m0/s1. The van der Waals surface area contributed by atoms with Crippen molar-refractivity contribution >= 4 is 17.6 Å². The van der Waals surface area contributed by atoms with Crippen LogP contribution >= 0.6 is 0 Å². The number of nitrogens with zero attached hydrogens (tertiary/aromatic N) is 2. The first kappa shape index (κ1) is 18.4. The SMILES string of the molecule is O=C(C[C@@H](CN1CCN(CCO)CC1)C(=O)O)Nc1ccccc1. The van der Waals surface area contributed by atoms with Crippen LogP contribution in [0.15, 0.2) is 30.3 Å². The summed E-state index contributed by atoms with van der Waals surface area (Å²) in [4.78, 5) is 27.8. The normalized spacial score (nSPS) is 17.4. The molecule has 0 saturated carbocycles. The van der Waals surface area contributed by atoms with Gasteiger partial charge in [0.2, 0.25) is 5.91 Å². The highest BCUT2D eigenvalue weighted by Crippen LogP contribution is 2.12. The predicted octanol–water partition coefficient (Wildman–Crippen LogP) is 0.326. The molecule has 1 saturated heterocycles. The molecule has 1 aromatic carbocycles. The molecule has 1 aromatic rings. The van der Waals surface area contributed by atoms with Crippen molar-refractivity contribution in [1.29, 1.82) is 0 Å². The van der Waals surface area contributed by atoms with E-state index in [2.05, 4.69) is 15.1 Å². The summed E-state index contributed by atoms with van der Waals surface area (Å²) in [6.45, 7) is 4.28. The molecule has 0 aromatic heterocycles. The number of hydrogen-bond donors (Lipinski definition) is 3. The maximum absolute atomic E-state index is 12.1. The molecule has 7 heteroatoms. The third kappa shape index (κ3) is 5.92. The number of nitrogens with one attached hydrogen (secondary N) is 1. The Morgan fingerprint density at radius 2 is 1.71 bits per heavy atom.